The maximum absolute atomic E-state index is 10.6. The van der Waals surface area contributed by atoms with Gasteiger partial charge in [0.1, 0.15) is 19.6 Å². The number of benzene rings is 1. The largest absolute Gasteiger partial charge is 0.544 e. The molecule has 0 bridgehead atoms. The zero-order valence-corrected chi connectivity index (χ0v) is 11.3. The SMILES string of the molecule is COCC[NH+](CC(=O)[O-])Cc1ccc(Br)cc1. The van der Waals surface area contributed by atoms with Crippen molar-refractivity contribution >= 4 is 21.9 Å². The molecule has 1 atom stereocenters. The molecule has 1 rings (SSSR count). The number of hydrogen-bond acceptors (Lipinski definition) is 3. The quantitative estimate of drug-likeness (QED) is 0.720. The number of ether oxygens (including phenoxy) is 1. The van der Waals surface area contributed by atoms with E-state index in [4.69, 9.17) is 4.74 Å². The van der Waals surface area contributed by atoms with Crippen LogP contribution in [-0.4, -0.2) is 32.8 Å². The van der Waals surface area contributed by atoms with Gasteiger partial charge in [-0.05, 0) is 12.1 Å². The number of halogens is 1. The van der Waals surface area contributed by atoms with E-state index in [-0.39, 0.29) is 6.54 Å². The summed E-state index contributed by atoms with van der Waals surface area (Å²) in [4.78, 5) is 11.6. The molecule has 0 aliphatic carbocycles. The fraction of sp³-hybridized carbons (Fsp3) is 0.417. The van der Waals surface area contributed by atoms with Crippen molar-refractivity contribution in [2.45, 2.75) is 6.54 Å². The fourth-order valence-electron chi connectivity index (χ4n) is 1.58. The topological polar surface area (TPSA) is 53.8 Å². The van der Waals surface area contributed by atoms with Gasteiger partial charge >= 0.3 is 0 Å². The molecule has 1 aromatic carbocycles. The van der Waals surface area contributed by atoms with Crippen molar-refractivity contribution in [3.63, 3.8) is 0 Å². The van der Waals surface area contributed by atoms with Crippen LogP contribution >= 0.6 is 15.9 Å². The Balaban J connectivity index is 2.57. The Labute approximate surface area is 109 Å². The third-order valence-corrected chi connectivity index (χ3v) is 2.95. The zero-order chi connectivity index (χ0) is 12.7. The molecule has 0 radical (unpaired) electrons. The van der Waals surface area contributed by atoms with Crippen LogP contribution in [0, 0.1) is 0 Å². The zero-order valence-electron chi connectivity index (χ0n) is 9.74. The van der Waals surface area contributed by atoms with E-state index in [1.54, 1.807) is 7.11 Å². The Morgan fingerprint density at radius 3 is 2.59 bits per heavy atom. The van der Waals surface area contributed by atoms with Crippen molar-refractivity contribution in [3.05, 3.63) is 34.3 Å². The summed E-state index contributed by atoms with van der Waals surface area (Å²) < 4.78 is 5.98. The Kier molecular flexibility index (Phi) is 6.18. The van der Waals surface area contributed by atoms with E-state index < -0.39 is 5.97 Å². The van der Waals surface area contributed by atoms with Crippen LogP contribution in [0.1, 0.15) is 5.56 Å². The second kappa shape index (κ2) is 7.42. The minimum absolute atomic E-state index is 0.000571. The maximum Gasteiger partial charge on any atom is 0.118 e. The van der Waals surface area contributed by atoms with Crippen LogP contribution in [0.3, 0.4) is 0 Å². The van der Waals surface area contributed by atoms with Crippen molar-refractivity contribution in [1.82, 2.24) is 0 Å². The summed E-state index contributed by atoms with van der Waals surface area (Å²) in [7, 11) is 1.61. The minimum atomic E-state index is -1.03. The smallest absolute Gasteiger partial charge is 0.118 e. The lowest BCUT2D eigenvalue weighted by Gasteiger charge is -2.19. The molecule has 0 amide bonds. The molecule has 17 heavy (non-hydrogen) atoms. The maximum atomic E-state index is 10.6. The molecule has 5 heteroatoms. The fourth-order valence-corrected chi connectivity index (χ4v) is 1.85. The number of rotatable bonds is 7. The van der Waals surface area contributed by atoms with Crippen LogP contribution in [0.2, 0.25) is 0 Å². The van der Waals surface area contributed by atoms with Gasteiger partial charge in [-0.2, -0.15) is 0 Å². The summed E-state index contributed by atoms with van der Waals surface area (Å²) >= 11 is 3.36. The molecule has 1 aromatic rings. The summed E-state index contributed by atoms with van der Waals surface area (Å²) in [5, 5.41) is 10.6. The van der Waals surface area contributed by atoms with Crippen LogP contribution in [-0.2, 0) is 16.1 Å². The number of quaternary nitrogens is 1. The Morgan fingerprint density at radius 2 is 2.06 bits per heavy atom. The van der Waals surface area contributed by atoms with E-state index in [0.717, 1.165) is 14.9 Å². The second-order valence-corrected chi connectivity index (χ2v) is 4.76. The van der Waals surface area contributed by atoms with Crippen LogP contribution in [0.15, 0.2) is 28.7 Å². The average molecular weight is 302 g/mol. The van der Waals surface area contributed by atoms with Crippen LogP contribution in [0.5, 0.6) is 0 Å². The predicted molar refractivity (Wildman–Crippen MR) is 65.4 cm³/mol. The molecular formula is C12H16BrNO3. The highest BCUT2D eigenvalue weighted by Gasteiger charge is 2.09. The highest BCUT2D eigenvalue weighted by molar-refractivity contribution is 9.10. The van der Waals surface area contributed by atoms with Crippen LogP contribution in [0.25, 0.3) is 0 Å². The van der Waals surface area contributed by atoms with Crippen LogP contribution < -0.4 is 10.0 Å². The van der Waals surface area contributed by atoms with Crippen molar-refractivity contribution in [2.24, 2.45) is 0 Å². The Bertz CT molecular complexity index is 353. The van der Waals surface area contributed by atoms with Crippen molar-refractivity contribution in [3.8, 4) is 0 Å². The van der Waals surface area contributed by atoms with Gasteiger partial charge in [0, 0.05) is 17.1 Å². The first-order chi connectivity index (χ1) is 8.11. The van der Waals surface area contributed by atoms with Gasteiger partial charge in [-0.1, -0.05) is 28.1 Å². The molecule has 0 aromatic heterocycles. The molecule has 1 N–H and O–H groups in total. The van der Waals surface area contributed by atoms with E-state index in [9.17, 15) is 9.90 Å². The molecule has 1 unspecified atom stereocenters. The number of carbonyl (C=O) groups excluding carboxylic acids is 1. The lowest BCUT2D eigenvalue weighted by Crippen LogP contribution is -3.12. The predicted octanol–water partition coefficient (Wildman–Crippen LogP) is -0.770. The van der Waals surface area contributed by atoms with E-state index >= 15 is 0 Å². The highest BCUT2D eigenvalue weighted by atomic mass is 79.9. The second-order valence-electron chi connectivity index (χ2n) is 3.84. The van der Waals surface area contributed by atoms with Crippen molar-refractivity contribution in [2.75, 3.05) is 26.8 Å². The molecule has 4 nitrogen and oxygen atoms in total. The number of methoxy groups -OCH3 is 1. The number of carboxylic acids is 1. The summed E-state index contributed by atoms with van der Waals surface area (Å²) in [6, 6.07) is 7.85. The number of nitrogens with one attached hydrogen (secondary N) is 1. The van der Waals surface area contributed by atoms with Gasteiger partial charge in [-0.15, -0.1) is 0 Å². The molecule has 0 aliphatic rings. The highest BCUT2D eigenvalue weighted by Crippen LogP contribution is 2.09. The number of carbonyl (C=O) groups is 1. The van der Waals surface area contributed by atoms with Gasteiger partial charge in [0.05, 0.1) is 12.6 Å². The number of carboxylic acid groups (broad SMARTS) is 1. The van der Waals surface area contributed by atoms with E-state index in [2.05, 4.69) is 15.9 Å². The first-order valence-electron chi connectivity index (χ1n) is 5.38. The lowest BCUT2D eigenvalue weighted by molar-refractivity contribution is -0.908. The monoisotopic (exact) mass is 301 g/mol. The van der Waals surface area contributed by atoms with Gasteiger partial charge in [-0.3, -0.25) is 0 Å². The molecule has 0 aliphatic heterocycles. The van der Waals surface area contributed by atoms with Gasteiger partial charge < -0.3 is 19.5 Å². The normalized spacial score (nSPS) is 12.4. The molecule has 94 valence electrons. The molecule has 0 saturated carbocycles. The summed E-state index contributed by atoms with van der Waals surface area (Å²) in [6.45, 7) is 1.85. The van der Waals surface area contributed by atoms with Gasteiger partial charge in [0.15, 0.2) is 0 Å². The number of hydrogen-bond donors (Lipinski definition) is 1. The molecule has 0 saturated heterocycles. The van der Waals surface area contributed by atoms with E-state index in [1.165, 1.54) is 0 Å². The van der Waals surface area contributed by atoms with Gasteiger partial charge in [-0.25, -0.2) is 0 Å². The Morgan fingerprint density at radius 1 is 1.41 bits per heavy atom. The average Bonchev–Trinajstić information content (AvgIpc) is 2.28. The van der Waals surface area contributed by atoms with Crippen molar-refractivity contribution in [1.29, 1.82) is 0 Å². The third kappa shape index (κ3) is 5.81. The summed E-state index contributed by atoms with van der Waals surface area (Å²) in [5.74, 6) is -1.03. The first kappa shape index (κ1) is 14.2. The molecule has 0 heterocycles. The molecule has 0 fully saturated rings. The standard InChI is InChI=1S/C12H16BrNO3/c1-17-7-6-14(9-12(15)16)8-10-2-4-11(13)5-3-10/h2-5H,6-9H2,1H3,(H,15,16). The molecule has 0 spiro atoms. The van der Waals surface area contributed by atoms with Crippen molar-refractivity contribution < 1.29 is 19.5 Å². The van der Waals surface area contributed by atoms with Gasteiger partial charge in [0.25, 0.3) is 0 Å². The summed E-state index contributed by atoms with van der Waals surface area (Å²) in [5.41, 5.74) is 1.10. The van der Waals surface area contributed by atoms with E-state index in [0.29, 0.717) is 19.7 Å². The summed E-state index contributed by atoms with van der Waals surface area (Å²) in [6.07, 6.45) is 0. The third-order valence-electron chi connectivity index (χ3n) is 2.42. The first-order valence-corrected chi connectivity index (χ1v) is 6.18. The Hall–Kier alpha value is -0.910. The van der Waals surface area contributed by atoms with Crippen LogP contribution in [0.4, 0.5) is 0 Å². The minimum Gasteiger partial charge on any atom is -0.544 e. The number of aliphatic carboxylic acids is 1. The van der Waals surface area contributed by atoms with E-state index in [1.807, 2.05) is 24.3 Å². The lowest BCUT2D eigenvalue weighted by atomic mass is 10.2. The molecular weight excluding hydrogens is 286 g/mol. The van der Waals surface area contributed by atoms with Gasteiger partial charge in [0.2, 0.25) is 0 Å².